The second-order valence-electron chi connectivity index (χ2n) is 5.46. The summed E-state index contributed by atoms with van der Waals surface area (Å²) in [6.45, 7) is 9.36. The third-order valence-electron chi connectivity index (χ3n) is 2.17. The molecule has 0 heterocycles. The van der Waals surface area contributed by atoms with Gasteiger partial charge < -0.3 is 15.2 Å². The fourth-order valence-corrected chi connectivity index (χ4v) is 1.36. The Hall–Kier alpha value is -1.26. The molecule has 2 N–H and O–H groups in total. The highest BCUT2D eigenvalue weighted by Crippen LogP contribution is 2.11. The van der Waals surface area contributed by atoms with Crippen LogP contribution in [0.3, 0.4) is 0 Å². The third-order valence-corrected chi connectivity index (χ3v) is 2.17. The van der Waals surface area contributed by atoms with Crippen molar-refractivity contribution in [3.63, 3.8) is 0 Å². The van der Waals surface area contributed by atoms with Gasteiger partial charge in [0.05, 0.1) is 5.92 Å². The van der Waals surface area contributed by atoms with Crippen LogP contribution in [-0.4, -0.2) is 29.3 Å². The molecule has 0 rings (SSSR count). The van der Waals surface area contributed by atoms with Gasteiger partial charge in [-0.15, -0.1) is 0 Å². The highest BCUT2D eigenvalue weighted by atomic mass is 16.6. The predicted molar refractivity (Wildman–Crippen MR) is 64.8 cm³/mol. The molecule has 0 aliphatic heterocycles. The summed E-state index contributed by atoms with van der Waals surface area (Å²) in [6.07, 6.45) is 0.0674. The lowest BCUT2D eigenvalue weighted by Crippen LogP contribution is -2.35. The maximum Gasteiger partial charge on any atom is 0.407 e. The summed E-state index contributed by atoms with van der Waals surface area (Å²) < 4.78 is 5.07. The molecular weight excluding hydrogens is 222 g/mol. The number of rotatable bonds is 5. The first-order chi connectivity index (χ1) is 7.61. The molecule has 100 valence electrons. The van der Waals surface area contributed by atoms with E-state index in [-0.39, 0.29) is 5.92 Å². The van der Waals surface area contributed by atoms with Crippen LogP contribution >= 0.6 is 0 Å². The van der Waals surface area contributed by atoms with E-state index >= 15 is 0 Å². The number of aliphatic carboxylic acids is 1. The number of hydrogen-bond donors (Lipinski definition) is 2. The average molecular weight is 245 g/mol. The van der Waals surface area contributed by atoms with Crippen molar-refractivity contribution in [2.75, 3.05) is 6.54 Å². The van der Waals surface area contributed by atoms with Crippen molar-refractivity contribution in [1.82, 2.24) is 5.32 Å². The molecule has 0 bridgehead atoms. The largest absolute Gasteiger partial charge is 0.481 e. The number of hydrogen-bond acceptors (Lipinski definition) is 3. The molecule has 0 aliphatic rings. The molecule has 0 aliphatic carbocycles. The normalized spacial score (nSPS) is 14.9. The van der Waals surface area contributed by atoms with Gasteiger partial charge in [0.15, 0.2) is 0 Å². The summed E-state index contributed by atoms with van der Waals surface area (Å²) >= 11 is 0. The van der Waals surface area contributed by atoms with Crippen molar-refractivity contribution in [2.24, 2.45) is 11.8 Å². The minimum absolute atomic E-state index is 0.105. The first-order valence-corrected chi connectivity index (χ1v) is 5.81. The first kappa shape index (κ1) is 15.7. The third kappa shape index (κ3) is 8.54. The van der Waals surface area contributed by atoms with Gasteiger partial charge in [0.2, 0.25) is 0 Å². The van der Waals surface area contributed by atoms with Crippen molar-refractivity contribution >= 4 is 12.1 Å². The Bertz CT molecular complexity index is 270. The molecule has 17 heavy (non-hydrogen) atoms. The van der Waals surface area contributed by atoms with Crippen LogP contribution < -0.4 is 5.32 Å². The van der Waals surface area contributed by atoms with Gasteiger partial charge in [-0.3, -0.25) is 4.79 Å². The van der Waals surface area contributed by atoms with Gasteiger partial charge in [0.1, 0.15) is 5.60 Å². The molecule has 0 aromatic carbocycles. The van der Waals surface area contributed by atoms with Gasteiger partial charge in [-0.2, -0.15) is 0 Å². The van der Waals surface area contributed by atoms with Crippen LogP contribution in [-0.2, 0) is 9.53 Å². The number of nitrogens with one attached hydrogen (secondary N) is 1. The number of carbonyl (C=O) groups is 2. The van der Waals surface area contributed by atoms with Crippen molar-refractivity contribution in [3.8, 4) is 0 Å². The average Bonchev–Trinajstić information content (AvgIpc) is 2.11. The highest BCUT2D eigenvalue weighted by Gasteiger charge is 2.18. The van der Waals surface area contributed by atoms with Crippen LogP contribution in [0.25, 0.3) is 0 Å². The van der Waals surface area contributed by atoms with Gasteiger partial charge >= 0.3 is 12.1 Å². The molecule has 0 spiro atoms. The van der Waals surface area contributed by atoms with Crippen LogP contribution in [0, 0.1) is 11.8 Å². The summed E-state index contributed by atoms with van der Waals surface area (Å²) in [5.41, 5.74) is -0.512. The Balaban J connectivity index is 3.88. The maximum atomic E-state index is 11.3. The van der Waals surface area contributed by atoms with E-state index in [9.17, 15) is 9.59 Å². The molecule has 0 fully saturated rings. The highest BCUT2D eigenvalue weighted by molar-refractivity contribution is 5.69. The number of amides is 1. The zero-order valence-corrected chi connectivity index (χ0v) is 11.2. The van der Waals surface area contributed by atoms with Gasteiger partial charge in [-0.1, -0.05) is 13.8 Å². The predicted octanol–water partition coefficient (Wildman–Crippen LogP) is 2.26. The van der Waals surface area contributed by atoms with Crippen LogP contribution in [0.2, 0.25) is 0 Å². The minimum Gasteiger partial charge on any atom is -0.481 e. The molecule has 0 aromatic rings. The Morgan fingerprint density at radius 2 is 1.82 bits per heavy atom. The zero-order valence-electron chi connectivity index (χ0n) is 11.2. The number of alkyl carbamates (subject to hydrolysis) is 1. The summed E-state index contributed by atoms with van der Waals surface area (Å²) in [5, 5.41) is 11.4. The van der Waals surface area contributed by atoms with Crippen molar-refractivity contribution in [3.05, 3.63) is 0 Å². The first-order valence-electron chi connectivity index (χ1n) is 5.81. The van der Waals surface area contributed by atoms with E-state index in [1.807, 2.05) is 6.92 Å². The van der Waals surface area contributed by atoms with E-state index in [0.29, 0.717) is 13.0 Å². The topological polar surface area (TPSA) is 75.6 Å². The van der Waals surface area contributed by atoms with E-state index in [1.165, 1.54) is 0 Å². The second kappa shape index (κ2) is 6.47. The molecule has 0 saturated heterocycles. The van der Waals surface area contributed by atoms with Crippen LogP contribution in [0.4, 0.5) is 4.79 Å². The summed E-state index contributed by atoms with van der Waals surface area (Å²) in [7, 11) is 0. The molecular formula is C12H23NO4. The molecule has 2 atom stereocenters. The lowest BCUT2D eigenvalue weighted by atomic mass is 9.97. The number of carbonyl (C=O) groups excluding carboxylic acids is 1. The number of ether oxygens (including phenoxy) is 1. The standard InChI is InChI=1S/C12H23NO4/c1-8(6-9(2)10(14)15)7-13-11(16)17-12(3,4)5/h8-9H,6-7H2,1-5H3,(H,13,16)(H,14,15). The molecule has 5 heteroatoms. The lowest BCUT2D eigenvalue weighted by molar-refractivity contribution is -0.141. The fourth-order valence-electron chi connectivity index (χ4n) is 1.36. The van der Waals surface area contributed by atoms with Crippen molar-refractivity contribution in [2.45, 2.75) is 46.6 Å². The Morgan fingerprint density at radius 3 is 2.24 bits per heavy atom. The van der Waals surface area contributed by atoms with Crippen LogP contribution in [0.15, 0.2) is 0 Å². The van der Waals surface area contributed by atoms with Gasteiger partial charge in [0.25, 0.3) is 0 Å². The Morgan fingerprint density at radius 1 is 1.29 bits per heavy atom. The van der Waals surface area contributed by atoms with Crippen molar-refractivity contribution in [1.29, 1.82) is 0 Å². The van der Waals surface area contributed by atoms with E-state index in [0.717, 1.165) is 0 Å². The van der Waals surface area contributed by atoms with Gasteiger partial charge in [-0.25, -0.2) is 4.79 Å². The smallest absolute Gasteiger partial charge is 0.407 e. The quantitative estimate of drug-likeness (QED) is 0.779. The molecule has 5 nitrogen and oxygen atoms in total. The maximum absolute atomic E-state index is 11.3. The minimum atomic E-state index is -0.811. The second-order valence-corrected chi connectivity index (χ2v) is 5.46. The molecule has 0 radical (unpaired) electrons. The van der Waals surface area contributed by atoms with Crippen LogP contribution in [0.5, 0.6) is 0 Å². The van der Waals surface area contributed by atoms with E-state index in [1.54, 1.807) is 27.7 Å². The Labute approximate surface area is 103 Å². The summed E-state index contributed by atoms with van der Waals surface area (Å²) in [6, 6.07) is 0. The van der Waals surface area contributed by atoms with E-state index in [2.05, 4.69) is 5.32 Å². The van der Waals surface area contributed by atoms with Crippen molar-refractivity contribution < 1.29 is 19.4 Å². The molecule has 0 aromatic heterocycles. The van der Waals surface area contributed by atoms with Crippen LogP contribution in [0.1, 0.15) is 41.0 Å². The monoisotopic (exact) mass is 245 g/mol. The fraction of sp³-hybridized carbons (Fsp3) is 0.833. The van der Waals surface area contributed by atoms with E-state index < -0.39 is 23.6 Å². The number of carboxylic acid groups (broad SMARTS) is 1. The van der Waals surface area contributed by atoms with Gasteiger partial charge in [0, 0.05) is 6.54 Å². The SMILES string of the molecule is CC(CNC(=O)OC(C)(C)C)CC(C)C(=O)O. The lowest BCUT2D eigenvalue weighted by Gasteiger charge is -2.21. The molecule has 2 unspecified atom stereocenters. The molecule has 1 amide bonds. The zero-order chi connectivity index (χ0) is 13.6. The summed E-state index contributed by atoms with van der Waals surface area (Å²) in [4.78, 5) is 22.0. The number of carboxylic acids is 1. The van der Waals surface area contributed by atoms with E-state index in [4.69, 9.17) is 9.84 Å². The van der Waals surface area contributed by atoms with Gasteiger partial charge in [-0.05, 0) is 33.1 Å². The summed E-state index contributed by atoms with van der Waals surface area (Å²) in [5.74, 6) is -1.10. The Kier molecular flexibility index (Phi) is 5.99. The molecule has 0 saturated carbocycles.